The van der Waals surface area contributed by atoms with E-state index in [0.29, 0.717) is 0 Å². The topological polar surface area (TPSA) is 63.1 Å². The fourth-order valence-corrected chi connectivity index (χ4v) is 2.76. The molecule has 0 aliphatic carbocycles. The van der Waals surface area contributed by atoms with Gasteiger partial charge in [0.15, 0.2) is 0 Å². The predicted octanol–water partition coefficient (Wildman–Crippen LogP) is 0.533. The first-order chi connectivity index (χ1) is 6.26. The molecule has 0 aromatic rings. The van der Waals surface area contributed by atoms with E-state index in [1.54, 1.807) is 0 Å². The van der Waals surface area contributed by atoms with Crippen molar-refractivity contribution in [2.24, 2.45) is 5.92 Å². The summed E-state index contributed by atoms with van der Waals surface area (Å²) in [4.78, 5) is 15.1. The Kier molecular flexibility index (Phi) is 2.88. The number of quaternary nitrogens is 1. The molecule has 0 spiro atoms. The highest BCUT2D eigenvalue weighted by atomic mass is 17.1. The Bertz CT molecular complexity index is 220. The highest BCUT2D eigenvalue weighted by Gasteiger charge is 2.44. The highest BCUT2D eigenvalue weighted by Crippen LogP contribution is 2.27. The normalized spacial score (nSPS) is 25.8. The lowest BCUT2D eigenvalue weighted by Crippen LogP contribution is -3.05. The maximum atomic E-state index is 11.3. The molecule has 82 valence electrons. The largest absolute Gasteiger partial charge is 0.345 e. The Morgan fingerprint density at radius 3 is 2.07 bits per heavy atom. The number of rotatable bonds is 1. The summed E-state index contributed by atoms with van der Waals surface area (Å²) in [5.74, 6) is -0.686. The first-order valence-corrected chi connectivity index (χ1v) is 4.98. The quantitative estimate of drug-likeness (QED) is 0.481. The molecule has 14 heavy (non-hydrogen) atoms. The maximum absolute atomic E-state index is 11.3. The first-order valence-electron chi connectivity index (χ1n) is 4.98. The molecule has 3 N–H and O–H groups in total. The van der Waals surface area contributed by atoms with Crippen LogP contribution in [0.4, 0.5) is 0 Å². The zero-order valence-electron chi connectivity index (χ0n) is 9.33. The van der Waals surface area contributed by atoms with Gasteiger partial charge in [-0.05, 0) is 27.7 Å². The van der Waals surface area contributed by atoms with Crippen molar-refractivity contribution < 1.29 is 20.3 Å². The van der Waals surface area contributed by atoms with E-state index < -0.39 is 5.97 Å². The molecule has 1 rings (SSSR count). The molecule has 4 nitrogen and oxygen atoms in total. The summed E-state index contributed by atoms with van der Waals surface area (Å²) in [6.45, 7) is 8.41. The van der Waals surface area contributed by atoms with Crippen molar-refractivity contribution in [1.29, 1.82) is 0 Å². The molecule has 1 aliphatic heterocycles. The number of hydrogen-bond acceptors (Lipinski definition) is 3. The SMILES string of the molecule is CC1(C)CC(C(=O)OO)CC(C)(C)[NH2+]1. The summed E-state index contributed by atoms with van der Waals surface area (Å²) in [6.07, 6.45) is 1.49. The van der Waals surface area contributed by atoms with Crippen LogP contribution >= 0.6 is 0 Å². The Hall–Kier alpha value is -0.610. The summed E-state index contributed by atoms with van der Waals surface area (Å²) >= 11 is 0. The Labute approximate surface area is 84.6 Å². The molecule has 1 aliphatic rings. The second kappa shape index (κ2) is 3.51. The lowest BCUT2D eigenvalue weighted by Gasteiger charge is -2.41. The van der Waals surface area contributed by atoms with Gasteiger partial charge in [0.25, 0.3) is 0 Å². The van der Waals surface area contributed by atoms with Crippen LogP contribution in [0, 0.1) is 5.92 Å². The van der Waals surface area contributed by atoms with E-state index >= 15 is 0 Å². The van der Waals surface area contributed by atoms with Crippen molar-refractivity contribution in [3.8, 4) is 0 Å². The van der Waals surface area contributed by atoms with Crippen molar-refractivity contribution in [2.75, 3.05) is 0 Å². The summed E-state index contributed by atoms with van der Waals surface area (Å²) in [6, 6.07) is 0. The first kappa shape index (κ1) is 11.5. The van der Waals surface area contributed by atoms with E-state index in [4.69, 9.17) is 5.26 Å². The van der Waals surface area contributed by atoms with E-state index in [-0.39, 0.29) is 17.0 Å². The van der Waals surface area contributed by atoms with Gasteiger partial charge in [-0.3, -0.25) is 0 Å². The van der Waals surface area contributed by atoms with Gasteiger partial charge < -0.3 is 10.2 Å². The summed E-state index contributed by atoms with van der Waals surface area (Å²) in [5, 5.41) is 10.6. The molecule has 0 amide bonds. The number of carbonyl (C=O) groups is 1. The summed E-state index contributed by atoms with van der Waals surface area (Å²) in [7, 11) is 0. The van der Waals surface area contributed by atoms with Crippen molar-refractivity contribution in [1.82, 2.24) is 0 Å². The highest BCUT2D eigenvalue weighted by molar-refractivity contribution is 5.72. The minimum absolute atomic E-state index is 0.0284. The van der Waals surface area contributed by atoms with Crippen LogP contribution in [0.2, 0.25) is 0 Å². The Morgan fingerprint density at radius 1 is 1.29 bits per heavy atom. The van der Waals surface area contributed by atoms with Crippen LogP contribution in [-0.4, -0.2) is 22.3 Å². The van der Waals surface area contributed by atoms with Crippen molar-refractivity contribution in [3.05, 3.63) is 0 Å². The molecule has 4 heteroatoms. The standard InChI is InChI=1S/C10H19NO3/c1-9(2)5-7(8(12)14-13)6-10(3,4)11-9/h7,11,13H,5-6H2,1-4H3/p+1. The predicted molar refractivity (Wildman–Crippen MR) is 51.5 cm³/mol. The minimum atomic E-state index is -0.501. The van der Waals surface area contributed by atoms with Crippen LogP contribution in [0.1, 0.15) is 40.5 Å². The van der Waals surface area contributed by atoms with Gasteiger partial charge in [0.1, 0.15) is 0 Å². The van der Waals surface area contributed by atoms with Gasteiger partial charge in [0.2, 0.25) is 0 Å². The number of hydrogen-bond donors (Lipinski definition) is 2. The maximum Gasteiger partial charge on any atom is 0.345 e. The fraction of sp³-hybridized carbons (Fsp3) is 0.900. The smallest absolute Gasteiger partial charge is 0.337 e. The van der Waals surface area contributed by atoms with E-state index in [0.717, 1.165) is 12.8 Å². The molecule has 0 saturated carbocycles. The van der Waals surface area contributed by atoms with Crippen molar-refractivity contribution in [2.45, 2.75) is 51.6 Å². The molecule has 0 bridgehead atoms. The molecule has 1 fully saturated rings. The van der Waals surface area contributed by atoms with Crippen LogP contribution < -0.4 is 5.32 Å². The molecular formula is C10H20NO3+. The number of carbonyl (C=O) groups excluding carboxylic acids is 1. The van der Waals surface area contributed by atoms with Gasteiger partial charge in [-0.15, -0.1) is 0 Å². The lowest BCUT2D eigenvalue weighted by molar-refractivity contribution is -0.789. The van der Waals surface area contributed by atoms with Gasteiger partial charge in [-0.2, -0.15) is 5.26 Å². The van der Waals surface area contributed by atoms with Crippen molar-refractivity contribution >= 4 is 5.97 Å². The van der Waals surface area contributed by atoms with E-state index in [1.807, 2.05) is 0 Å². The van der Waals surface area contributed by atoms with Crippen LogP contribution in [0.25, 0.3) is 0 Å². The average molecular weight is 202 g/mol. The number of nitrogens with two attached hydrogens (primary N) is 1. The van der Waals surface area contributed by atoms with Crippen LogP contribution in [0.15, 0.2) is 0 Å². The van der Waals surface area contributed by atoms with Gasteiger partial charge in [0.05, 0.1) is 17.0 Å². The average Bonchev–Trinajstić information content (AvgIpc) is 1.97. The zero-order valence-corrected chi connectivity index (χ0v) is 9.33. The second-order valence-electron chi connectivity index (χ2n) is 5.64. The van der Waals surface area contributed by atoms with E-state index in [1.165, 1.54) is 0 Å². The van der Waals surface area contributed by atoms with Crippen LogP contribution in [-0.2, 0) is 9.68 Å². The molecular weight excluding hydrogens is 182 g/mol. The third kappa shape index (κ3) is 2.69. The third-order valence-electron chi connectivity index (χ3n) is 2.75. The third-order valence-corrected chi connectivity index (χ3v) is 2.75. The Morgan fingerprint density at radius 2 is 1.71 bits per heavy atom. The molecule has 0 radical (unpaired) electrons. The second-order valence-corrected chi connectivity index (χ2v) is 5.64. The fourth-order valence-electron chi connectivity index (χ4n) is 2.76. The molecule has 0 aromatic carbocycles. The molecule has 0 atom stereocenters. The Balaban J connectivity index is 2.76. The van der Waals surface area contributed by atoms with Crippen molar-refractivity contribution in [3.63, 3.8) is 0 Å². The zero-order chi connectivity index (χ0) is 11.0. The molecule has 0 unspecified atom stereocenters. The van der Waals surface area contributed by atoms with Gasteiger partial charge in [-0.25, -0.2) is 4.79 Å². The number of piperidine rings is 1. The monoisotopic (exact) mass is 202 g/mol. The minimum Gasteiger partial charge on any atom is -0.337 e. The summed E-state index contributed by atoms with van der Waals surface area (Å²) in [5.41, 5.74) is 0.0568. The molecule has 1 saturated heterocycles. The molecule has 0 aromatic heterocycles. The van der Waals surface area contributed by atoms with Gasteiger partial charge in [0, 0.05) is 12.8 Å². The lowest BCUT2D eigenvalue weighted by atomic mass is 9.76. The van der Waals surface area contributed by atoms with Gasteiger partial charge >= 0.3 is 5.97 Å². The van der Waals surface area contributed by atoms with Crippen LogP contribution in [0.3, 0.4) is 0 Å². The van der Waals surface area contributed by atoms with E-state index in [9.17, 15) is 4.79 Å². The molecule has 1 heterocycles. The van der Waals surface area contributed by atoms with E-state index in [2.05, 4.69) is 37.9 Å². The van der Waals surface area contributed by atoms with Gasteiger partial charge in [-0.1, -0.05) is 0 Å². The van der Waals surface area contributed by atoms with Crippen LogP contribution in [0.5, 0.6) is 0 Å². The summed E-state index contributed by atoms with van der Waals surface area (Å²) < 4.78 is 0.